The Hall–Kier alpha value is -0.640. The molecule has 0 saturated heterocycles. The zero-order valence-corrected chi connectivity index (χ0v) is 10.4. The summed E-state index contributed by atoms with van der Waals surface area (Å²) in [5.74, 6) is -0.481. The van der Waals surface area contributed by atoms with Gasteiger partial charge in [0.15, 0.2) is 0 Å². The molecule has 1 aromatic rings. The molecule has 0 unspecified atom stereocenters. The van der Waals surface area contributed by atoms with Gasteiger partial charge in [0, 0.05) is 10.6 Å². The fraction of sp³-hybridized carbons (Fsp3) is 0.500. The molecule has 0 aliphatic carbocycles. The second kappa shape index (κ2) is 5.13. The summed E-state index contributed by atoms with van der Waals surface area (Å²) in [7, 11) is 0. The molecule has 0 amide bonds. The fourth-order valence-corrected chi connectivity index (χ4v) is 1.84. The normalized spacial score (nSPS) is 15.2. The van der Waals surface area contributed by atoms with Crippen LogP contribution in [0.4, 0.5) is 4.39 Å². The quantitative estimate of drug-likeness (QED) is 0.860. The highest BCUT2D eigenvalue weighted by atomic mass is 35.5. The van der Waals surface area contributed by atoms with Crippen LogP contribution in [0.1, 0.15) is 31.0 Å². The minimum atomic E-state index is -0.811. The molecule has 1 rings (SSSR count). The highest BCUT2D eigenvalue weighted by molar-refractivity contribution is 6.31. The van der Waals surface area contributed by atoms with Crippen LogP contribution in [0, 0.1) is 18.7 Å². The Balaban J connectivity index is 3.17. The van der Waals surface area contributed by atoms with E-state index in [4.69, 9.17) is 17.3 Å². The van der Waals surface area contributed by atoms with Crippen molar-refractivity contribution >= 4 is 11.6 Å². The summed E-state index contributed by atoms with van der Waals surface area (Å²) in [6.07, 6.45) is -0.811. The van der Waals surface area contributed by atoms with Gasteiger partial charge < -0.3 is 10.8 Å². The summed E-state index contributed by atoms with van der Waals surface area (Å²) < 4.78 is 13.9. The lowest BCUT2D eigenvalue weighted by molar-refractivity contribution is 0.0966. The summed E-state index contributed by atoms with van der Waals surface area (Å²) in [6, 6.07) is 2.39. The van der Waals surface area contributed by atoms with Gasteiger partial charge in [-0.3, -0.25) is 0 Å². The summed E-state index contributed by atoms with van der Waals surface area (Å²) in [4.78, 5) is 0. The lowest BCUT2D eigenvalue weighted by atomic mass is 9.93. The highest BCUT2D eigenvalue weighted by Gasteiger charge is 2.25. The number of halogens is 2. The molecule has 0 aromatic heterocycles. The first kappa shape index (κ1) is 13.4. The molecule has 3 N–H and O–H groups in total. The maximum absolute atomic E-state index is 13.9. The Labute approximate surface area is 100 Å². The third kappa shape index (κ3) is 2.54. The van der Waals surface area contributed by atoms with E-state index in [-0.39, 0.29) is 16.5 Å². The van der Waals surface area contributed by atoms with E-state index < -0.39 is 18.0 Å². The van der Waals surface area contributed by atoms with Crippen molar-refractivity contribution in [1.29, 1.82) is 0 Å². The topological polar surface area (TPSA) is 46.2 Å². The van der Waals surface area contributed by atoms with E-state index in [1.165, 1.54) is 0 Å². The van der Waals surface area contributed by atoms with Crippen molar-refractivity contribution in [2.75, 3.05) is 0 Å². The first-order valence-electron chi connectivity index (χ1n) is 5.24. The Kier molecular flexibility index (Phi) is 4.30. The molecular weight excluding hydrogens is 229 g/mol. The van der Waals surface area contributed by atoms with Gasteiger partial charge in [0.25, 0.3) is 0 Å². The number of benzene rings is 1. The van der Waals surface area contributed by atoms with Crippen molar-refractivity contribution in [2.45, 2.75) is 32.9 Å². The first-order chi connectivity index (χ1) is 7.36. The van der Waals surface area contributed by atoms with E-state index in [2.05, 4.69) is 0 Å². The minimum Gasteiger partial charge on any atom is -0.391 e. The molecule has 0 bridgehead atoms. The van der Waals surface area contributed by atoms with Crippen LogP contribution in [0.25, 0.3) is 0 Å². The maximum atomic E-state index is 13.9. The van der Waals surface area contributed by atoms with Gasteiger partial charge in [-0.15, -0.1) is 0 Å². The SMILES string of the molecule is Cc1ccc(Cl)c([C@H](N)[C@H](O)C(C)C)c1F. The lowest BCUT2D eigenvalue weighted by Crippen LogP contribution is -2.31. The molecule has 2 atom stereocenters. The van der Waals surface area contributed by atoms with Gasteiger partial charge >= 0.3 is 0 Å². The van der Waals surface area contributed by atoms with Crippen LogP contribution >= 0.6 is 11.6 Å². The number of nitrogens with two attached hydrogens (primary N) is 1. The second-order valence-electron chi connectivity index (χ2n) is 4.35. The van der Waals surface area contributed by atoms with Gasteiger partial charge in [0.1, 0.15) is 5.82 Å². The molecule has 0 fully saturated rings. The number of rotatable bonds is 3. The van der Waals surface area contributed by atoms with Crippen LogP contribution in [0.2, 0.25) is 5.02 Å². The van der Waals surface area contributed by atoms with Crippen molar-refractivity contribution in [1.82, 2.24) is 0 Å². The zero-order valence-electron chi connectivity index (χ0n) is 9.67. The molecule has 1 aromatic carbocycles. The molecule has 4 heteroatoms. The molecule has 0 radical (unpaired) electrons. The van der Waals surface area contributed by atoms with Crippen LogP contribution in [-0.2, 0) is 0 Å². The zero-order chi connectivity index (χ0) is 12.5. The lowest BCUT2D eigenvalue weighted by Gasteiger charge is -2.24. The summed E-state index contributed by atoms with van der Waals surface area (Å²) in [5, 5.41) is 10.1. The van der Waals surface area contributed by atoms with E-state index >= 15 is 0 Å². The molecular formula is C12H17ClFNO. The predicted molar refractivity (Wildman–Crippen MR) is 63.9 cm³/mol. The average molecular weight is 246 g/mol. The maximum Gasteiger partial charge on any atom is 0.132 e. The molecule has 16 heavy (non-hydrogen) atoms. The van der Waals surface area contributed by atoms with Gasteiger partial charge in [-0.25, -0.2) is 4.39 Å². The van der Waals surface area contributed by atoms with Crippen LogP contribution in [0.5, 0.6) is 0 Å². The van der Waals surface area contributed by atoms with Crippen LogP contribution in [-0.4, -0.2) is 11.2 Å². The highest BCUT2D eigenvalue weighted by Crippen LogP contribution is 2.30. The van der Waals surface area contributed by atoms with E-state index in [9.17, 15) is 9.50 Å². The molecule has 0 spiro atoms. The predicted octanol–water partition coefficient (Wildman–Crippen LogP) is 2.80. The van der Waals surface area contributed by atoms with E-state index in [1.807, 2.05) is 13.8 Å². The molecule has 0 heterocycles. The van der Waals surface area contributed by atoms with Crippen LogP contribution in [0.3, 0.4) is 0 Å². The largest absolute Gasteiger partial charge is 0.391 e. The van der Waals surface area contributed by atoms with E-state index in [0.29, 0.717) is 5.56 Å². The van der Waals surface area contributed by atoms with Crippen molar-refractivity contribution < 1.29 is 9.50 Å². The Morgan fingerprint density at radius 2 is 1.94 bits per heavy atom. The van der Waals surface area contributed by atoms with Gasteiger partial charge in [-0.1, -0.05) is 31.5 Å². The number of aryl methyl sites for hydroxylation is 1. The van der Waals surface area contributed by atoms with Crippen LogP contribution < -0.4 is 5.73 Å². The number of hydrogen-bond acceptors (Lipinski definition) is 2. The van der Waals surface area contributed by atoms with E-state index in [0.717, 1.165) is 0 Å². The fourth-order valence-electron chi connectivity index (χ4n) is 1.57. The minimum absolute atomic E-state index is 0.0500. The van der Waals surface area contributed by atoms with Gasteiger partial charge in [-0.05, 0) is 24.5 Å². The smallest absolute Gasteiger partial charge is 0.132 e. The standard InChI is InChI=1S/C12H17ClFNO/c1-6(2)12(16)11(15)9-8(13)5-4-7(3)10(9)14/h4-6,11-12,16H,15H2,1-3H3/t11-,12+/m0/s1. The Bertz CT molecular complexity index is 382. The first-order valence-corrected chi connectivity index (χ1v) is 5.62. The Morgan fingerprint density at radius 1 is 1.38 bits per heavy atom. The molecule has 2 nitrogen and oxygen atoms in total. The molecule has 90 valence electrons. The number of aliphatic hydroxyl groups excluding tert-OH is 1. The summed E-state index contributed by atoms with van der Waals surface area (Å²) >= 11 is 5.91. The van der Waals surface area contributed by atoms with Crippen molar-refractivity contribution in [3.63, 3.8) is 0 Å². The van der Waals surface area contributed by atoms with Gasteiger partial charge in [0.2, 0.25) is 0 Å². The van der Waals surface area contributed by atoms with Gasteiger partial charge in [-0.2, -0.15) is 0 Å². The monoisotopic (exact) mass is 245 g/mol. The average Bonchev–Trinajstić information content (AvgIpc) is 2.22. The van der Waals surface area contributed by atoms with Crippen molar-refractivity contribution in [3.05, 3.63) is 34.1 Å². The molecule has 0 saturated carbocycles. The number of aliphatic hydroxyl groups is 1. The van der Waals surface area contributed by atoms with Crippen LogP contribution in [0.15, 0.2) is 12.1 Å². The summed E-state index contributed by atoms with van der Waals surface area (Å²) in [6.45, 7) is 5.29. The molecule has 0 aliphatic rings. The number of hydrogen-bond donors (Lipinski definition) is 2. The molecule has 0 aliphatic heterocycles. The van der Waals surface area contributed by atoms with E-state index in [1.54, 1.807) is 19.1 Å². The third-order valence-corrected chi connectivity index (χ3v) is 3.03. The summed E-state index contributed by atoms with van der Waals surface area (Å²) in [5.41, 5.74) is 6.51. The third-order valence-electron chi connectivity index (χ3n) is 2.70. The van der Waals surface area contributed by atoms with Gasteiger partial charge in [0.05, 0.1) is 12.1 Å². The Morgan fingerprint density at radius 3 is 2.44 bits per heavy atom. The van der Waals surface area contributed by atoms with Crippen molar-refractivity contribution in [2.24, 2.45) is 11.7 Å². The second-order valence-corrected chi connectivity index (χ2v) is 4.76. The van der Waals surface area contributed by atoms with Crippen molar-refractivity contribution in [3.8, 4) is 0 Å².